The molecular weight excluding hydrogens is 286 g/mol. The van der Waals surface area contributed by atoms with E-state index in [0.29, 0.717) is 5.69 Å². The lowest BCUT2D eigenvalue weighted by Crippen LogP contribution is -2.24. The zero-order chi connectivity index (χ0) is 15.6. The van der Waals surface area contributed by atoms with Crippen LogP contribution in [-0.2, 0) is 16.6 Å². The molecule has 1 aromatic heterocycles. The van der Waals surface area contributed by atoms with Gasteiger partial charge in [0.05, 0.1) is 4.90 Å². The molecule has 21 heavy (non-hydrogen) atoms. The maximum Gasteiger partial charge on any atom is 0.240 e. The summed E-state index contributed by atoms with van der Waals surface area (Å²) < 4.78 is 27.3. The fourth-order valence-corrected chi connectivity index (χ4v) is 3.07. The summed E-state index contributed by atoms with van der Waals surface area (Å²) in [6.07, 6.45) is 3.34. The molecule has 2 aromatic rings. The summed E-state index contributed by atoms with van der Waals surface area (Å²) in [5, 5.41) is 0. The summed E-state index contributed by atoms with van der Waals surface area (Å²) >= 11 is 0. The largest absolute Gasteiger partial charge is 0.398 e. The lowest BCUT2D eigenvalue weighted by atomic mass is 10.1. The van der Waals surface area contributed by atoms with Gasteiger partial charge >= 0.3 is 0 Å². The Balaban J connectivity index is 2.25. The number of anilines is 1. The molecular formula is C15H19N3O2S. The molecule has 0 saturated carbocycles. The molecule has 0 saturated heterocycles. The van der Waals surface area contributed by atoms with Crippen molar-refractivity contribution >= 4 is 15.7 Å². The van der Waals surface area contributed by atoms with Crippen LogP contribution in [0.4, 0.5) is 5.69 Å². The average molecular weight is 305 g/mol. The first kappa shape index (κ1) is 15.5. The van der Waals surface area contributed by atoms with Crippen molar-refractivity contribution in [2.45, 2.75) is 32.2 Å². The molecule has 0 fully saturated rings. The summed E-state index contributed by atoms with van der Waals surface area (Å²) in [6, 6.07) is 4.96. The van der Waals surface area contributed by atoms with Gasteiger partial charge in [-0.25, -0.2) is 13.1 Å². The van der Waals surface area contributed by atoms with Gasteiger partial charge in [-0.3, -0.25) is 4.98 Å². The first-order valence-electron chi connectivity index (χ1n) is 6.57. The second-order valence-electron chi connectivity index (χ2n) is 5.08. The smallest absolute Gasteiger partial charge is 0.240 e. The van der Waals surface area contributed by atoms with Gasteiger partial charge in [0.15, 0.2) is 0 Å². The number of hydrogen-bond donors (Lipinski definition) is 2. The monoisotopic (exact) mass is 305 g/mol. The van der Waals surface area contributed by atoms with Crippen LogP contribution in [0.1, 0.15) is 22.3 Å². The van der Waals surface area contributed by atoms with Crippen LogP contribution >= 0.6 is 0 Å². The molecule has 0 aliphatic carbocycles. The third kappa shape index (κ3) is 3.40. The van der Waals surface area contributed by atoms with Crippen LogP contribution in [0.2, 0.25) is 0 Å². The van der Waals surface area contributed by atoms with Crippen molar-refractivity contribution in [1.82, 2.24) is 9.71 Å². The van der Waals surface area contributed by atoms with E-state index in [2.05, 4.69) is 9.71 Å². The zero-order valence-electron chi connectivity index (χ0n) is 12.3. The average Bonchev–Trinajstić information content (AvgIpc) is 2.43. The van der Waals surface area contributed by atoms with Crippen LogP contribution in [0.15, 0.2) is 35.5 Å². The maximum atomic E-state index is 12.3. The maximum absolute atomic E-state index is 12.3. The van der Waals surface area contributed by atoms with E-state index in [0.717, 1.165) is 22.3 Å². The predicted molar refractivity (Wildman–Crippen MR) is 83.3 cm³/mol. The SMILES string of the molecule is Cc1ccncc1CNS(=O)(=O)c1cc(C)c(C)c(N)c1. The molecule has 3 N–H and O–H groups in total. The molecule has 0 bridgehead atoms. The van der Waals surface area contributed by atoms with Crippen LogP contribution in [0.25, 0.3) is 0 Å². The Labute approximate surface area is 125 Å². The number of benzene rings is 1. The van der Waals surface area contributed by atoms with E-state index in [4.69, 9.17) is 5.73 Å². The molecule has 0 aliphatic heterocycles. The van der Waals surface area contributed by atoms with E-state index in [1.54, 1.807) is 18.5 Å². The molecule has 0 aliphatic rings. The number of pyridine rings is 1. The van der Waals surface area contributed by atoms with Crippen molar-refractivity contribution in [2.24, 2.45) is 0 Å². The van der Waals surface area contributed by atoms with Gasteiger partial charge < -0.3 is 5.73 Å². The summed E-state index contributed by atoms with van der Waals surface area (Å²) in [5.41, 5.74) is 9.92. The van der Waals surface area contributed by atoms with Gasteiger partial charge in [0, 0.05) is 24.6 Å². The number of hydrogen-bond acceptors (Lipinski definition) is 4. The van der Waals surface area contributed by atoms with E-state index < -0.39 is 10.0 Å². The van der Waals surface area contributed by atoms with E-state index in [-0.39, 0.29) is 11.4 Å². The van der Waals surface area contributed by atoms with Gasteiger partial charge in [-0.05, 0) is 61.2 Å². The second kappa shape index (κ2) is 5.83. The minimum atomic E-state index is -3.59. The number of nitrogen functional groups attached to an aromatic ring is 1. The summed E-state index contributed by atoms with van der Waals surface area (Å²) in [7, 11) is -3.59. The van der Waals surface area contributed by atoms with Gasteiger partial charge in [-0.1, -0.05) is 0 Å². The quantitative estimate of drug-likeness (QED) is 0.847. The Morgan fingerprint density at radius 2 is 1.90 bits per heavy atom. The third-order valence-electron chi connectivity index (χ3n) is 3.59. The highest BCUT2D eigenvalue weighted by atomic mass is 32.2. The first-order chi connectivity index (χ1) is 9.81. The Kier molecular flexibility index (Phi) is 4.29. The number of aromatic nitrogens is 1. The molecule has 1 aromatic carbocycles. The van der Waals surface area contributed by atoms with Gasteiger partial charge in [-0.15, -0.1) is 0 Å². The molecule has 6 heteroatoms. The first-order valence-corrected chi connectivity index (χ1v) is 8.05. The Morgan fingerprint density at radius 1 is 1.19 bits per heavy atom. The molecule has 5 nitrogen and oxygen atoms in total. The van der Waals surface area contributed by atoms with E-state index >= 15 is 0 Å². The zero-order valence-corrected chi connectivity index (χ0v) is 13.2. The number of nitrogens with two attached hydrogens (primary N) is 1. The molecule has 0 amide bonds. The van der Waals surface area contributed by atoms with E-state index in [1.807, 2.05) is 26.8 Å². The minimum Gasteiger partial charge on any atom is -0.398 e. The molecule has 0 atom stereocenters. The Morgan fingerprint density at radius 3 is 2.52 bits per heavy atom. The number of sulfonamides is 1. The van der Waals surface area contributed by atoms with Crippen molar-refractivity contribution in [3.8, 4) is 0 Å². The highest BCUT2D eigenvalue weighted by Gasteiger charge is 2.16. The molecule has 0 radical (unpaired) electrons. The number of nitrogens with zero attached hydrogens (tertiary/aromatic N) is 1. The van der Waals surface area contributed by atoms with Crippen LogP contribution in [0, 0.1) is 20.8 Å². The second-order valence-corrected chi connectivity index (χ2v) is 6.85. The summed E-state index contributed by atoms with van der Waals surface area (Å²) in [4.78, 5) is 4.19. The third-order valence-corrected chi connectivity index (χ3v) is 4.97. The van der Waals surface area contributed by atoms with Crippen LogP contribution in [-0.4, -0.2) is 13.4 Å². The van der Waals surface area contributed by atoms with Crippen molar-refractivity contribution in [1.29, 1.82) is 0 Å². The Bertz CT molecular complexity index is 747. The van der Waals surface area contributed by atoms with Gasteiger partial charge in [0.25, 0.3) is 0 Å². The van der Waals surface area contributed by atoms with E-state index in [1.165, 1.54) is 6.07 Å². The normalized spacial score (nSPS) is 11.6. The molecule has 0 unspecified atom stereocenters. The minimum absolute atomic E-state index is 0.185. The molecule has 0 spiro atoms. The topological polar surface area (TPSA) is 85.1 Å². The summed E-state index contributed by atoms with van der Waals surface area (Å²) in [6.45, 7) is 5.83. The highest BCUT2D eigenvalue weighted by Crippen LogP contribution is 2.21. The predicted octanol–water partition coefficient (Wildman–Crippen LogP) is 2.07. The number of nitrogens with one attached hydrogen (secondary N) is 1. The van der Waals surface area contributed by atoms with Gasteiger partial charge in [-0.2, -0.15) is 0 Å². The fourth-order valence-electron chi connectivity index (χ4n) is 1.95. The van der Waals surface area contributed by atoms with E-state index in [9.17, 15) is 8.42 Å². The lowest BCUT2D eigenvalue weighted by molar-refractivity contribution is 0.581. The van der Waals surface area contributed by atoms with Crippen molar-refractivity contribution in [2.75, 3.05) is 5.73 Å². The highest BCUT2D eigenvalue weighted by molar-refractivity contribution is 7.89. The molecule has 112 valence electrons. The lowest BCUT2D eigenvalue weighted by Gasteiger charge is -2.11. The van der Waals surface area contributed by atoms with Crippen LogP contribution in [0.3, 0.4) is 0 Å². The molecule has 2 rings (SSSR count). The van der Waals surface area contributed by atoms with Crippen LogP contribution < -0.4 is 10.5 Å². The van der Waals surface area contributed by atoms with Crippen molar-refractivity contribution < 1.29 is 8.42 Å². The van der Waals surface area contributed by atoms with Gasteiger partial charge in [0.1, 0.15) is 0 Å². The number of rotatable bonds is 4. The number of aryl methyl sites for hydroxylation is 2. The molecule has 1 heterocycles. The van der Waals surface area contributed by atoms with Crippen LogP contribution in [0.5, 0.6) is 0 Å². The standard InChI is InChI=1S/C15H19N3O2S/c1-10-4-5-17-8-13(10)9-18-21(19,20)14-6-11(2)12(3)15(16)7-14/h4-8,18H,9,16H2,1-3H3. The van der Waals surface area contributed by atoms with Crippen molar-refractivity contribution in [3.63, 3.8) is 0 Å². The Hall–Kier alpha value is -1.92. The fraction of sp³-hybridized carbons (Fsp3) is 0.267. The van der Waals surface area contributed by atoms with Crippen molar-refractivity contribution in [3.05, 3.63) is 52.8 Å². The summed E-state index contributed by atoms with van der Waals surface area (Å²) in [5.74, 6) is 0. The van der Waals surface area contributed by atoms with Gasteiger partial charge in [0.2, 0.25) is 10.0 Å².